The average Bonchev–Trinajstić information content (AvgIpc) is 2.71. The van der Waals surface area contributed by atoms with Gasteiger partial charge in [-0.15, -0.1) is 0 Å². The Labute approximate surface area is 179 Å². The summed E-state index contributed by atoms with van der Waals surface area (Å²) >= 11 is 5.99. The number of allylic oxidation sites excluding steroid dienone is 1. The molecule has 3 aromatic carbocycles. The number of methoxy groups -OCH3 is 1. The van der Waals surface area contributed by atoms with Crippen LogP contribution in [0.2, 0.25) is 5.02 Å². The van der Waals surface area contributed by atoms with Crippen molar-refractivity contribution in [2.75, 3.05) is 7.11 Å². The molecule has 0 unspecified atom stereocenters. The molecule has 6 heteroatoms. The summed E-state index contributed by atoms with van der Waals surface area (Å²) < 4.78 is 11.3. The molecule has 0 saturated carbocycles. The number of hydrogen-bond acceptors (Lipinski definition) is 5. The van der Waals surface area contributed by atoms with Crippen molar-refractivity contribution in [3.8, 4) is 23.0 Å². The molecular weight excluding hydrogens is 404 g/mol. The zero-order valence-electron chi connectivity index (χ0n) is 16.6. The molecule has 154 valence electrons. The van der Waals surface area contributed by atoms with Crippen LogP contribution in [0, 0.1) is 6.92 Å². The van der Waals surface area contributed by atoms with Crippen molar-refractivity contribution in [2.45, 2.75) is 13.5 Å². The summed E-state index contributed by atoms with van der Waals surface area (Å²) in [4.78, 5) is 12.3. The smallest absolute Gasteiger partial charge is 0.189 e. The van der Waals surface area contributed by atoms with Crippen molar-refractivity contribution in [1.82, 2.24) is 0 Å². The third kappa shape index (κ3) is 5.13. The van der Waals surface area contributed by atoms with Crippen LogP contribution in [0.15, 0.2) is 60.7 Å². The van der Waals surface area contributed by atoms with E-state index in [9.17, 15) is 15.0 Å². The summed E-state index contributed by atoms with van der Waals surface area (Å²) in [5.74, 6) is 0.634. The summed E-state index contributed by atoms with van der Waals surface area (Å²) in [7, 11) is 1.58. The highest BCUT2D eigenvalue weighted by Crippen LogP contribution is 2.27. The van der Waals surface area contributed by atoms with Gasteiger partial charge in [-0.2, -0.15) is 0 Å². The second kappa shape index (κ2) is 9.37. The molecule has 5 nitrogen and oxygen atoms in total. The van der Waals surface area contributed by atoms with Gasteiger partial charge in [0.2, 0.25) is 0 Å². The number of carbonyl (C=O) groups is 1. The highest BCUT2D eigenvalue weighted by molar-refractivity contribution is 6.30. The molecule has 0 fully saturated rings. The van der Waals surface area contributed by atoms with Gasteiger partial charge < -0.3 is 19.7 Å². The molecule has 3 aromatic rings. The van der Waals surface area contributed by atoms with E-state index in [-0.39, 0.29) is 29.5 Å². The number of rotatable bonds is 7. The van der Waals surface area contributed by atoms with E-state index in [0.29, 0.717) is 10.8 Å². The largest absolute Gasteiger partial charge is 0.508 e. The minimum absolute atomic E-state index is 0.108. The van der Waals surface area contributed by atoms with Crippen LogP contribution < -0.4 is 9.47 Å². The number of aromatic hydroxyl groups is 2. The number of hydrogen-bond donors (Lipinski definition) is 2. The van der Waals surface area contributed by atoms with Gasteiger partial charge in [0.15, 0.2) is 5.78 Å². The molecular formula is C24H21ClO5. The molecule has 30 heavy (non-hydrogen) atoms. The van der Waals surface area contributed by atoms with E-state index in [1.54, 1.807) is 25.3 Å². The zero-order chi connectivity index (χ0) is 21.7. The average molecular weight is 425 g/mol. The third-order valence-electron chi connectivity index (χ3n) is 4.50. The van der Waals surface area contributed by atoms with Crippen LogP contribution in [0.25, 0.3) is 6.08 Å². The minimum Gasteiger partial charge on any atom is -0.508 e. The number of aryl methyl sites for hydroxylation is 1. The maximum atomic E-state index is 12.3. The van der Waals surface area contributed by atoms with Crippen LogP contribution in [0.5, 0.6) is 23.0 Å². The van der Waals surface area contributed by atoms with Crippen LogP contribution in [-0.2, 0) is 6.61 Å². The summed E-state index contributed by atoms with van der Waals surface area (Å²) in [5, 5.41) is 19.8. The maximum Gasteiger partial charge on any atom is 0.189 e. The first-order chi connectivity index (χ1) is 14.4. The van der Waals surface area contributed by atoms with E-state index in [0.717, 1.165) is 28.5 Å². The van der Waals surface area contributed by atoms with Crippen molar-refractivity contribution in [2.24, 2.45) is 0 Å². The normalized spacial score (nSPS) is 10.9. The van der Waals surface area contributed by atoms with Gasteiger partial charge in [-0.25, -0.2) is 0 Å². The van der Waals surface area contributed by atoms with Crippen LogP contribution in [-0.4, -0.2) is 23.1 Å². The Morgan fingerprint density at radius 3 is 2.50 bits per heavy atom. The van der Waals surface area contributed by atoms with Crippen LogP contribution >= 0.6 is 11.6 Å². The number of benzene rings is 3. The highest BCUT2D eigenvalue weighted by atomic mass is 35.5. The summed E-state index contributed by atoms with van der Waals surface area (Å²) in [6, 6.07) is 14.7. The lowest BCUT2D eigenvalue weighted by atomic mass is 10.1. The maximum absolute atomic E-state index is 12.3. The van der Waals surface area contributed by atoms with E-state index < -0.39 is 0 Å². The van der Waals surface area contributed by atoms with Gasteiger partial charge in [0.05, 0.1) is 12.7 Å². The van der Waals surface area contributed by atoms with Crippen LogP contribution in [0.3, 0.4) is 0 Å². The van der Waals surface area contributed by atoms with Crippen molar-refractivity contribution < 1.29 is 24.5 Å². The fourth-order valence-electron chi connectivity index (χ4n) is 2.94. The molecule has 0 aliphatic heterocycles. The Hall–Kier alpha value is -3.44. The van der Waals surface area contributed by atoms with E-state index >= 15 is 0 Å². The Morgan fingerprint density at radius 2 is 1.80 bits per heavy atom. The van der Waals surface area contributed by atoms with Gasteiger partial charge in [0.25, 0.3) is 0 Å². The summed E-state index contributed by atoms with van der Waals surface area (Å²) in [5.41, 5.74) is 2.62. The molecule has 0 amide bonds. The lowest BCUT2D eigenvalue weighted by Gasteiger charge is -2.13. The zero-order valence-corrected chi connectivity index (χ0v) is 17.3. The van der Waals surface area contributed by atoms with E-state index in [4.69, 9.17) is 21.1 Å². The fraction of sp³-hybridized carbons (Fsp3) is 0.125. The number of carbonyl (C=O) groups excluding carboxylic acids is 1. The first-order valence-electron chi connectivity index (χ1n) is 9.17. The molecule has 0 spiro atoms. The molecule has 0 atom stereocenters. The molecule has 0 saturated heterocycles. The predicted molar refractivity (Wildman–Crippen MR) is 117 cm³/mol. The lowest BCUT2D eigenvalue weighted by molar-refractivity contribution is 0.104. The minimum atomic E-state index is -0.377. The van der Waals surface area contributed by atoms with Gasteiger partial charge in [0, 0.05) is 16.7 Å². The van der Waals surface area contributed by atoms with Crippen molar-refractivity contribution in [3.05, 3.63) is 87.9 Å². The molecule has 0 radical (unpaired) electrons. The van der Waals surface area contributed by atoms with Crippen LogP contribution in [0.4, 0.5) is 0 Å². The number of ether oxygens (including phenoxy) is 2. The van der Waals surface area contributed by atoms with Gasteiger partial charge in [-0.3, -0.25) is 4.79 Å². The van der Waals surface area contributed by atoms with E-state index in [2.05, 4.69) is 0 Å². The molecule has 2 N–H and O–H groups in total. The molecule has 0 aliphatic carbocycles. The first kappa shape index (κ1) is 21.3. The fourth-order valence-corrected chi connectivity index (χ4v) is 3.16. The highest BCUT2D eigenvalue weighted by Gasteiger charge is 2.10. The number of halogens is 1. The molecule has 0 aliphatic rings. The SMILES string of the molecule is COc1ccc(/C=C/C(=O)c2ccc(O)cc2O)cc1COc1ccc(Cl)cc1C. The topological polar surface area (TPSA) is 76.0 Å². The number of phenols is 2. The Kier molecular flexibility index (Phi) is 6.65. The molecule has 0 heterocycles. The monoisotopic (exact) mass is 424 g/mol. The lowest BCUT2D eigenvalue weighted by Crippen LogP contribution is -2.00. The van der Waals surface area contributed by atoms with Crippen molar-refractivity contribution in [1.29, 1.82) is 0 Å². The van der Waals surface area contributed by atoms with Gasteiger partial charge in [-0.1, -0.05) is 23.7 Å². The third-order valence-corrected chi connectivity index (χ3v) is 4.73. The quantitative estimate of drug-likeness (QED) is 0.384. The van der Waals surface area contributed by atoms with Gasteiger partial charge >= 0.3 is 0 Å². The summed E-state index contributed by atoms with van der Waals surface area (Å²) in [6.45, 7) is 2.20. The Morgan fingerprint density at radius 1 is 1.03 bits per heavy atom. The second-order valence-electron chi connectivity index (χ2n) is 6.67. The Bertz CT molecular complexity index is 1100. The first-order valence-corrected chi connectivity index (χ1v) is 9.55. The molecule has 3 rings (SSSR count). The van der Waals surface area contributed by atoms with Crippen LogP contribution in [0.1, 0.15) is 27.0 Å². The van der Waals surface area contributed by atoms with Crippen molar-refractivity contribution in [3.63, 3.8) is 0 Å². The van der Waals surface area contributed by atoms with E-state index in [1.807, 2.05) is 31.2 Å². The van der Waals surface area contributed by atoms with Crippen molar-refractivity contribution >= 4 is 23.5 Å². The standard InChI is InChI=1S/C24H21ClO5/c1-15-11-18(25)5-10-23(15)30-14-17-12-16(4-9-24(17)29-2)3-8-21(27)20-7-6-19(26)13-22(20)28/h3-13,26,28H,14H2,1-2H3/b8-3+. The summed E-state index contributed by atoms with van der Waals surface area (Å²) in [6.07, 6.45) is 3.01. The Balaban J connectivity index is 1.78. The van der Waals surface area contributed by atoms with Gasteiger partial charge in [0.1, 0.15) is 29.6 Å². The number of ketones is 1. The second-order valence-corrected chi connectivity index (χ2v) is 7.11. The molecule has 0 bridgehead atoms. The van der Waals surface area contributed by atoms with E-state index in [1.165, 1.54) is 18.2 Å². The number of phenolic OH excluding ortho intramolecular Hbond substituents is 2. The van der Waals surface area contributed by atoms with Gasteiger partial charge in [-0.05, 0) is 66.6 Å². The predicted octanol–water partition coefficient (Wildman–Crippen LogP) is 5.54. The molecule has 0 aromatic heterocycles.